The zero-order chi connectivity index (χ0) is 17.1. The van der Waals surface area contributed by atoms with Gasteiger partial charge in [-0.25, -0.2) is 0 Å². The summed E-state index contributed by atoms with van der Waals surface area (Å²) in [7, 11) is 1.72. The Bertz CT molecular complexity index is 662. The lowest BCUT2D eigenvalue weighted by atomic mass is 9.83. The predicted molar refractivity (Wildman–Crippen MR) is 102 cm³/mol. The van der Waals surface area contributed by atoms with E-state index in [1.165, 1.54) is 43.6 Å². The molecule has 25 heavy (non-hydrogen) atoms. The number of benzene rings is 2. The molecule has 5 rings (SSSR count). The van der Waals surface area contributed by atoms with E-state index in [4.69, 9.17) is 4.74 Å². The zero-order valence-electron chi connectivity index (χ0n) is 15.0. The van der Waals surface area contributed by atoms with Crippen molar-refractivity contribution in [1.82, 2.24) is 10.2 Å². The van der Waals surface area contributed by atoms with Gasteiger partial charge in [-0.15, -0.1) is 0 Å². The van der Waals surface area contributed by atoms with Crippen LogP contribution in [-0.4, -0.2) is 37.7 Å². The minimum Gasteiger partial charge on any atom is -0.497 e. The Kier molecular flexibility index (Phi) is 5.04. The van der Waals surface area contributed by atoms with Crippen LogP contribution < -0.4 is 10.1 Å². The maximum atomic E-state index is 5.33. The molecule has 3 fully saturated rings. The molecule has 132 valence electrons. The first-order valence-corrected chi connectivity index (χ1v) is 9.48. The Labute approximate surface area is 151 Å². The van der Waals surface area contributed by atoms with Gasteiger partial charge in [0.15, 0.2) is 0 Å². The molecule has 3 nitrogen and oxygen atoms in total. The zero-order valence-corrected chi connectivity index (χ0v) is 15.0. The highest BCUT2D eigenvalue weighted by molar-refractivity contribution is 5.30. The standard InChI is InChI=1S/C22H28N2O/c1-25-20-9-7-18(8-10-20)21(15-17-5-3-2-4-6-17)23-22-16-24-13-11-19(22)12-14-24/h2-10,19,21-23H,11-16H2,1H3/t21-,22-/m0/s1. The molecule has 0 saturated carbocycles. The van der Waals surface area contributed by atoms with Crippen LogP contribution in [-0.2, 0) is 6.42 Å². The molecule has 0 aromatic heterocycles. The van der Waals surface area contributed by atoms with Gasteiger partial charge in [0.2, 0.25) is 0 Å². The van der Waals surface area contributed by atoms with Crippen molar-refractivity contribution in [3.8, 4) is 5.75 Å². The number of hydrogen-bond donors (Lipinski definition) is 1. The third kappa shape index (κ3) is 3.88. The average Bonchev–Trinajstić information content (AvgIpc) is 2.69. The molecule has 3 saturated heterocycles. The first kappa shape index (κ1) is 16.6. The topological polar surface area (TPSA) is 24.5 Å². The summed E-state index contributed by atoms with van der Waals surface area (Å²) in [6.45, 7) is 3.77. The second-order valence-corrected chi connectivity index (χ2v) is 7.43. The van der Waals surface area contributed by atoms with Crippen LogP contribution in [0.2, 0.25) is 0 Å². The number of fused-ring (bicyclic) bond motifs is 3. The SMILES string of the molecule is COc1ccc([C@H](Cc2ccccc2)N[C@H]2CN3CCC2CC3)cc1. The Morgan fingerprint density at radius 1 is 1.04 bits per heavy atom. The van der Waals surface area contributed by atoms with Gasteiger partial charge in [-0.3, -0.25) is 0 Å². The Hall–Kier alpha value is -1.84. The molecule has 3 aliphatic heterocycles. The molecule has 2 aromatic rings. The molecule has 0 spiro atoms. The molecule has 2 bridgehead atoms. The van der Waals surface area contributed by atoms with Gasteiger partial charge in [0.25, 0.3) is 0 Å². The summed E-state index contributed by atoms with van der Waals surface area (Å²) >= 11 is 0. The summed E-state index contributed by atoms with van der Waals surface area (Å²) in [6, 6.07) is 20.3. The lowest BCUT2D eigenvalue weighted by molar-refractivity contribution is 0.0669. The summed E-state index contributed by atoms with van der Waals surface area (Å²) in [6.07, 6.45) is 3.72. The second kappa shape index (κ2) is 7.59. The van der Waals surface area contributed by atoms with E-state index in [9.17, 15) is 0 Å². The largest absolute Gasteiger partial charge is 0.497 e. The van der Waals surface area contributed by atoms with Crippen LogP contribution >= 0.6 is 0 Å². The van der Waals surface area contributed by atoms with Crippen molar-refractivity contribution in [3.05, 3.63) is 65.7 Å². The molecular weight excluding hydrogens is 308 g/mol. The van der Waals surface area contributed by atoms with Gasteiger partial charge in [0.1, 0.15) is 5.75 Å². The highest BCUT2D eigenvalue weighted by Crippen LogP contribution is 2.30. The van der Waals surface area contributed by atoms with Gasteiger partial charge in [-0.05, 0) is 61.5 Å². The highest BCUT2D eigenvalue weighted by atomic mass is 16.5. The second-order valence-electron chi connectivity index (χ2n) is 7.43. The van der Waals surface area contributed by atoms with Crippen molar-refractivity contribution in [1.29, 1.82) is 0 Å². The summed E-state index contributed by atoms with van der Waals surface area (Å²) in [5, 5.41) is 4.01. The molecule has 3 aliphatic rings. The third-order valence-electron chi connectivity index (χ3n) is 5.87. The number of ether oxygens (including phenoxy) is 1. The van der Waals surface area contributed by atoms with Crippen LogP contribution in [0.4, 0.5) is 0 Å². The number of nitrogens with one attached hydrogen (secondary N) is 1. The summed E-state index contributed by atoms with van der Waals surface area (Å²) in [5.41, 5.74) is 2.73. The average molecular weight is 336 g/mol. The molecule has 0 radical (unpaired) electrons. The van der Waals surface area contributed by atoms with Crippen molar-refractivity contribution in [3.63, 3.8) is 0 Å². The highest BCUT2D eigenvalue weighted by Gasteiger charge is 2.35. The fourth-order valence-electron chi connectivity index (χ4n) is 4.37. The molecule has 0 unspecified atom stereocenters. The maximum absolute atomic E-state index is 5.33. The van der Waals surface area contributed by atoms with Crippen LogP contribution in [0.25, 0.3) is 0 Å². The fraction of sp³-hybridized carbons (Fsp3) is 0.455. The number of methoxy groups -OCH3 is 1. The summed E-state index contributed by atoms with van der Waals surface area (Å²) in [5.74, 6) is 1.76. The maximum Gasteiger partial charge on any atom is 0.118 e. The lowest BCUT2D eigenvalue weighted by Crippen LogP contribution is -2.56. The van der Waals surface area contributed by atoms with Crippen LogP contribution in [0.1, 0.15) is 30.0 Å². The van der Waals surface area contributed by atoms with E-state index in [-0.39, 0.29) is 0 Å². The van der Waals surface area contributed by atoms with Crippen molar-refractivity contribution in [2.24, 2.45) is 5.92 Å². The Balaban J connectivity index is 1.54. The van der Waals surface area contributed by atoms with Gasteiger partial charge < -0.3 is 15.0 Å². The van der Waals surface area contributed by atoms with E-state index in [0.717, 1.165) is 18.1 Å². The fourth-order valence-corrected chi connectivity index (χ4v) is 4.37. The molecule has 3 heterocycles. The molecular formula is C22H28N2O. The van der Waals surface area contributed by atoms with Crippen LogP contribution in [0.15, 0.2) is 54.6 Å². The minimum absolute atomic E-state index is 0.346. The van der Waals surface area contributed by atoms with E-state index in [1.807, 2.05) is 0 Å². The number of piperidine rings is 3. The monoisotopic (exact) mass is 336 g/mol. The van der Waals surface area contributed by atoms with Crippen LogP contribution in [0, 0.1) is 5.92 Å². The molecule has 0 amide bonds. The van der Waals surface area contributed by atoms with Gasteiger partial charge in [0, 0.05) is 18.6 Å². The van der Waals surface area contributed by atoms with Crippen molar-refractivity contribution < 1.29 is 4.74 Å². The van der Waals surface area contributed by atoms with Crippen LogP contribution in [0.3, 0.4) is 0 Å². The first-order valence-electron chi connectivity index (χ1n) is 9.48. The lowest BCUT2D eigenvalue weighted by Gasteiger charge is -2.46. The molecule has 2 atom stereocenters. The molecule has 0 aliphatic carbocycles. The minimum atomic E-state index is 0.346. The quantitative estimate of drug-likeness (QED) is 0.871. The van der Waals surface area contributed by atoms with E-state index >= 15 is 0 Å². The third-order valence-corrected chi connectivity index (χ3v) is 5.87. The van der Waals surface area contributed by atoms with Gasteiger partial charge in [0.05, 0.1) is 7.11 Å². The Morgan fingerprint density at radius 3 is 2.36 bits per heavy atom. The molecule has 2 aromatic carbocycles. The van der Waals surface area contributed by atoms with E-state index in [0.29, 0.717) is 12.1 Å². The van der Waals surface area contributed by atoms with Gasteiger partial charge >= 0.3 is 0 Å². The van der Waals surface area contributed by atoms with E-state index in [2.05, 4.69) is 64.8 Å². The Morgan fingerprint density at radius 2 is 1.76 bits per heavy atom. The predicted octanol–water partition coefficient (Wildman–Crippen LogP) is 3.66. The number of hydrogen-bond acceptors (Lipinski definition) is 3. The summed E-state index contributed by atoms with van der Waals surface area (Å²) in [4.78, 5) is 2.62. The number of rotatable bonds is 6. The molecule has 1 N–H and O–H groups in total. The molecule has 3 heteroatoms. The van der Waals surface area contributed by atoms with Crippen LogP contribution in [0.5, 0.6) is 5.75 Å². The van der Waals surface area contributed by atoms with Crippen molar-refractivity contribution >= 4 is 0 Å². The smallest absolute Gasteiger partial charge is 0.118 e. The van der Waals surface area contributed by atoms with E-state index in [1.54, 1.807) is 7.11 Å². The van der Waals surface area contributed by atoms with Crippen molar-refractivity contribution in [2.45, 2.75) is 31.3 Å². The van der Waals surface area contributed by atoms with Gasteiger partial charge in [-0.1, -0.05) is 42.5 Å². The first-order chi connectivity index (χ1) is 12.3. The summed E-state index contributed by atoms with van der Waals surface area (Å²) < 4.78 is 5.33. The number of nitrogens with zero attached hydrogens (tertiary/aromatic N) is 1. The van der Waals surface area contributed by atoms with Gasteiger partial charge in [-0.2, -0.15) is 0 Å². The van der Waals surface area contributed by atoms with Crippen molar-refractivity contribution in [2.75, 3.05) is 26.7 Å². The normalized spacial score (nSPS) is 26.4. The van der Waals surface area contributed by atoms with E-state index < -0.39 is 0 Å².